The molecule has 0 saturated carbocycles. The number of carbonyl (C=O) groups excluding carboxylic acids is 1. The number of hydrogen-bond donors (Lipinski definition) is 3. The Kier molecular flexibility index (Phi) is 7.24. The third kappa shape index (κ3) is 5.16. The van der Waals surface area contributed by atoms with Crippen LogP contribution in [0.1, 0.15) is 55.1 Å². The average Bonchev–Trinajstić information content (AvgIpc) is 3.19. The van der Waals surface area contributed by atoms with E-state index in [4.69, 9.17) is 14.1 Å². The number of fused-ring (bicyclic) bond motifs is 1. The maximum absolute atomic E-state index is 13.5. The van der Waals surface area contributed by atoms with E-state index in [9.17, 15) is 19.8 Å². The molecule has 9 heteroatoms. The van der Waals surface area contributed by atoms with Crippen LogP contribution >= 0.6 is 0 Å². The maximum atomic E-state index is 13.5. The van der Waals surface area contributed by atoms with Crippen molar-refractivity contribution < 1.29 is 24.2 Å². The molecule has 0 saturated heterocycles. The van der Waals surface area contributed by atoms with Gasteiger partial charge in [0.15, 0.2) is 17.3 Å². The summed E-state index contributed by atoms with van der Waals surface area (Å²) in [6, 6.07) is 13.1. The molecule has 0 aliphatic heterocycles. The molecule has 4 aromatic rings. The minimum absolute atomic E-state index is 0.0250. The summed E-state index contributed by atoms with van der Waals surface area (Å²) >= 11 is 0. The van der Waals surface area contributed by atoms with E-state index < -0.39 is 23.1 Å². The first kappa shape index (κ1) is 25.8. The normalized spacial score (nSPS) is 13.0. The molecule has 37 heavy (non-hydrogen) atoms. The fourth-order valence-corrected chi connectivity index (χ4v) is 4.52. The molecular formula is C28H31N3O6. The maximum Gasteiger partial charge on any atom is 0.227 e. The molecule has 0 unspecified atom stereocenters. The number of para-hydroxylation sites is 2. The summed E-state index contributed by atoms with van der Waals surface area (Å²) in [5, 5.41) is 23.7. The number of amides is 1. The van der Waals surface area contributed by atoms with Crippen molar-refractivity contribution >= 4 is 16.9 Å². The number of imidazole rings is 1. The summed E-state index contributed by atoms with van der Waals surface area (Å²) in [5.74, 6) is -0.587. The van der Waals surface area contributed by atoms with Crippen LogP contribution in [-0.4, -0.2) is 32.8 Å². The summed E-state index contributed by atoms with van der Waals surface area (Å²) < 4.78 is 13.0. The van der Waals surface area contributed by atoms with Gasteiger partial charge < -0.3 is 29.3 Å². The van der Waals surface area contributed by atoms with Crippen LogP contribution in [0.2, 0.25) is 0 Å². The fourth-order valence-electron chi connectivity index (χ4n) is 4.52. The van der Waals surface area contributed by atoms with E-state index in [0.717, 1.165) is 16.9 Å². The van der Waals surface area contributed by atoms with E-state index >= 15 is 0 Å². The highest BCUT2D eigenvalue weighted by Crippen LogP contribution is 2.37. The quantitative estimate of drug-likeness (QED) is 0.326. The molecule has 4 rings (SSSR count). The zero-order valence-electron chi connectivity index (χ0n) is 21.5. The van der Waals surface area contributed by atoms with Crippen LogP contribution < -0.4 is 15.5 Å². The summed E-state index contributed by atoms with van der Waals surface area (Å²) in [7, 11) is 3.33. The number of aryl methyl sites for hydroxylation is 2. The molecule has 0 aliphatic rings. The Morgan fingerprint density at radius 2 is 1.89 bits per heavy atom. The first-order valence-corrected chi connectivity index (χ1v) is 12.0. The van der Waals surface area contributed by atoms with E-state index in [0.29, 0.717) is 11.3 Å². The number of aromatic hydroxyl groups is 2. The van der Waals surface area contributed by atoms with Crippen LogP contribution in [0.25, 0.3) is 11.0 Å². The standard InChI is InChI=1S/C28H31N3O6/c1-15(2)25(28-29-19-8-6-7-9-20(19)31(28)4)30-24(34)14-18(17-10-11-21(32)23(13-17)36-5)27-26(35)22(33)12-16(3)37-27/h6-13,15,18,25,32,35H,14H2,1-5H3,(H,30,34)/t18-,25-/m0/s1. The van der Waals surface area contributed by atoms with Crippen LogP contribution in [0.4, 0.5) is 0 Å². The third-order valence-corrected chi connectivity index (χ3v) is 6.47. The number of nitrogens with one attached hydrogen (secondary N) is 1. The molecule has 2 heterocycles. The minimum atomic E-state index is -0.824. The first-order chi connectivity index (χ1) is 17.6. The van der Waals surface area contributed by atoms with Crippen LogP contribution in [0.5, 0.6) is 17.2 Å². The lowest BCUT2D eigenvalue weighted by Gasteiger charge is -2.24. The smallest absolute Gasteiger partial charge is 0.227 e. The zero-order chi connectivity index (χ0) is 26.9. The lowest BCUT2D eigenvalue weighted by molar-refractivity contribution is -0.122. The van der Waals surface area contributed by atoms with Crippen molar-refractivity contribution in [3.63, 3.8) is 0 Å². The SMILES string of the molecule is COc1cc([C@H](CC(=O)N[C@H](c2nc3ccccc3n2C)C(C)C)c2oc(C)cc(=O)c2O)ccc1O. The van der Waals surface area contributed by atoms with Crippen molar-refractivity contribution in [2.24, 2.45) is 13.0 Å². The second kappa shape index (κ2) is 10.4. The van der Waals surface area contributed by atoms with Crippen LogP contribution in [0.15, 0.2) is 57.7 Å². The van der Waals surface area contributed by atoms with Crippen molar-refractivity contribution in [2.45, 2.75) is 39.2 Å². The Morgan fingerprint density at radius 3 is 2.57 bits per heavy atom. The molecule has 0 spiro atoms. The molecule has 2 aromatic carbocycles. The van der Waals surface area contributed by atoms with Gasteiger partial charge in [-0.15, -0.1) is 0 Å². The van der Waals surface area contributed by atoms with E-state index in [2.05, 4.69) is 5.32 Å². The highest BCUT2D eigenvalue weighted by atomic mass is 16.5. The number of benzene rings is 2. The molecule has 2 aromatic heterocycles. The molecule has 0 bridgehead atoms. The van der Waals surface area contributed by atoms with E-state index in [1.165, 1.54) is 19.2 Å². The number of aromatic nitrogens is 2. The molecule has 0 fully saturated rings. The third-order valence-electron chi connectivity index (χ3n) is 6.47. The topological polar surface area (TPSA) is 127 Å². The number of ether oxygens (including phenoxy) is 1. The lowest BCUT2D eigenvalue weighted by Crippen LogP contribution is -2.34. The first-order valence-electron chi connectivity index (χ1n) is 12.0. The number of hydrogen-bond acceptors (Lipinski definition) is 7. The molecule has 2 atom stereocenters. The molecular weight excluding hydrogens is 474 g/mol. The Balaban J connectivity index is 1.72. The molecule has 3 N–H and O–H groups in total. The average molecular weight is 506 g/mol. The van der Waals surface area contributed by atoms with Gasteiger partial charge in [-0.1, -0.05) is 32.0 Å². The van der Waals surface area contributed by atoms with Gasteiger partial charge in [-0.05, 0) is 42.7 Å². The highest BCUT2D eigenvalue weighted by Gasteiger charge is 2.29. The number of carbonyl (C=O) groups is 1. The van der Waals surface area contributed by atoms with Crippen LogP contribution in [0, 0.1) is 12.8 Å². The summed E-state index contributed by atoms with van der Waals surface area (Å²) in [6.45, 7) is 5.59. The fraction of sp³-hybridized carbons (Fsp3) is 0.321. The Morgan fingerprint density at radius 1 is 1.16 bits per heavy atom. The monoisotopic (exact) mass is 505 g/mol. The van der Waals surface area contributed by atoms with Gasteiger partial charge in [0.05, 0.1) is 30.1 Å². The van der Waals surface area contributed by atoms with Gasteiger partial charge in [-0.3, -0.25) is 9.59 Å². The number of rotatable bonds is 8. The van der Waals surface area contributed by atoms with Gasteiger partial charge in [0.2, 0.25) is 17.1 Å². The van der Waals surface area contributed by atoms with Gasteiger partial charge in [0, 0.05) is 19.5 Å². The summed E-state index contributed by atoms with van der Waals surface area (Å²) in [4.78, 5) is 30.6. The molecule has 1 amide bonds. The zero-order valence-corrected chi connectivity index (χ0v) is 21.5. The van der Waals surface area contributed by atoms with E-state index in [-0.39, 0.29) is 35.5 Å². The van der Waals surface area contributed by atoms with E-state index in [1.54, 1.807) is 19.1 Å². The lowest BCUT2D eigenvalue weighted by atomic mass is 9.91. The molecule has 0 radical (unpaired) electrons. The number of phenolic OH excluding ortho intramolecular Hbond substituents is 1. The van der Waals surface area contributed by atoms with Gasteiger partial charge in [0.25, 0.3) is 0 Å². The van der Waals surface area contributed by atoms with Crippen molar-refractivity contribution in [1.82, 2.24) is 14.9 Å². The van der Waals surface area contributed by atoms with Gasteiger partial charge in [-0.2, -0.15) is 0 Å². The van der Waals surface area contributed by atoms with Crippen molar-refractivity contribution in [2.75, 3.05) is 7.11 Å². The Labute approximate surface area is 214 Å². The van der Waals surface area contributed by atoms with Gasteiger partial charge in [0.1, 0.15) is 11.6 Å². The minimum Gasteiger partial charge on any atom is -0.504 e. The van der Waals surface area contributed by atoms with Gasteiger partial charge >= 0.3 is 0 Å². The second-order valence-electron chi connectivity index (χ2n) is 9.43. The summed E-state index contributed by atoms with van der Waals surface area (Å²) in [6.07, 6.45) is -0.138. The number of nitrogens with zero attached hydrogens (tertiary/aromatic N) is 2. The number of phenols is 1. The van der Waals surface area contributed by atoms with Crippen LogP contribution in [-0.2, 0) is 11.8 Å². The largest absolute Gasteiger partial charge is 0.504 e. The van der Waals surface area contributed by atoms with Crippen LogP contribution in [0.3, 0.4) is 0 Å². The van der Waals surface area contributed by atoms with Gasteiger partial charge in [-0.25, -0.2) is 4.98 Å². The Bertz CT molecular complexity index is 1500. The van der Waals surface area contributed by atoms with Crippen molar-refractivity contribution in [3.05, 3.63) is 81.7 Å². The van der Waals surface area contributed by atoms with Crippen molar-refractivity contribution in [1.29, 1.82) is 0 Å². The highest BCUT2D eigenvalue weighted by molar-refractivity contribution is 5.79. The molecule has 0 aliphatic carbocycles. The molecule has 9 nitrogen and oxygen atoms in total. The van der Waals surface area contributed by atoms with Crippen molar-refractivity contribution in [3.8, 4) is 17.2 Å². The second-order valence-corrected chi connectivity index (χ2v) is 9.43. The predicted molar refractivity (Wildman–Crippen MR) is 139 cm³/mol. The molecule has 194 valence electrons. The number of methoxy groups -OCH3 is 1. The Hall–Kier alpha value is -4.27. The van der Waals surface area contributed by atoms with E-state index in [1.807, 2.05) is 49.7 Å². The summed E-state index contributed by atoms with van der Waals surface area (Å²) in [5.41, 5.74) is 1.71. The predicted octanol–water partition coefficient (Wildman–Crippen LogP) is 4.29.